The normalized spacial score (nSPS) is 11.6. The molecule has 5 nitrogen and oxygen atoms in total. The highest BCUT2D eigenvalue weighted by Gasteiger charge is 2.20. The predicted octanol–water partition coefficient (Wildman–Crippen LogP) is 10.3. The molecule has 6 aromatic carbocycles. The SMILES string of the molecule is c1ccc(-c2nc(-c3cc(-c4ccccc4)c4c(c3)oc3ccccc34)nc(-c3cccc4oc5ccccc5c34)n2)cc1. The summed E-state index contributed by atoms with van der Waals surface area (Å²) in [7, 11) is 0. The summed E-state index contributed by atoms with van der Waals surface area (Å²) in [5, 5.41) is 4.16. The van der Waals surface area contributed by atoms with Gasteiger partial charge in [0.2, 0.25) is 0 Å². The van der Waals surface area contributed by atoms with Gasteiger partial charge in [0.05, 0.1) is 0 Å². The standard InChI is InChI=1S/C39H23N3O2/c1-3-12-24(13-4-1)30-22-26(23-34-36(30)28-17-8-10-20-32(28)44-34)38-40-37(25-14-5-2-6-15-25)41-39(42-38)29-18-11-21-33-35(29)27-16-7-9-19-31(27)43-33/h1-23H. The van der Waals surface area contributed by atoms with Crippen LogP contribution in [0.25, 0.3) is 89.2 Å². The summed E-state index contributed by atoms with van der Waals surface area (Å²) in [6.07, 6.45) is 0. The van der Waals surface area contributed by atoms with Gasteiger partial charge < -0.3 is 8.83 Å². The number of para-hydroxylation sites is 2. The van der Waals surface area contributed by atoms with E-state index in [-0.39, 0.29) is 0 Å². The molecule has 0 unspecified atom stereocenters. The van der Waals surface area contributed by atoms with Crippen LogP contribution >= 0.6 is 0 Å². The van der Waals surface area contributed by atoms with Gasteiger partial charge in [-0.3, -0.25) is 0 Å². The maximum atomic E-state index is 6.42. The molecule has 9 rings (SSSR count). The van der Waals surface area contributed by atoms with Crippen molar-refractivity contribution in [2.75, 3.05) is 0 Å². The van der Waals surface area contributed by atoms with Crippen molar-refractivity contribution < 1.29 is 8.83 Å². The van der Waals surface area contributed by atoms with Gasteiger partial charge >= 0.3 is 0 Å². The van der Waals surface area contributed by atoms with Crippen LogP contribution in [0.2, 0.25) is 0 Å². The second-order valence-corrected chi connectivity index (χ2v) is 10.8. The predicted molar refractivity (Wildman–Crippen MR) is 176 cm³/mol. The molecule has 0 saturated carbocycles. The van der Waals surface area contributed by atoms with Gasteiger partial charge in [-0.05, 0) is 41.5 Å². The molecular formula is C39H23N3O2. The maximum absolute atomic E-state index is 6.42. The number of furan rings is 2. The first-order valence-electron chi connectivity index (χ1n) is 14.5. The molecule has 3 heterocycles. The molecule has 0 N–H and O–H groups in total. The molecule has 206 valence electrons. The summed E-state index contributed by atoms with van der Waals surface area (Å²) in [6, 6.07) is 46.9. The third-order valence-electron chi connectivity index (χ3n) is 8.13. The second kappa shape index (κ2) is 9.75. The van der Waals surface area contributed by atoms with Crippen LogP contribution in [0.3, 0.4) is 0 Å². The Morgan fingerprint density at radius 3 is 1.57 bits per heavy atom. The van der Waals surface area contributed by atoms with Crippen LogP contribution in [0.1, 0.15) is 0 Å². The molecule has 0 aliphatic rings. The highest BCUT2D eigenvalue weighted by Crippen LogP contribution is 2.41. The van der Waals surface area contributed by atoms with Gasteiger partial charge in [-0.2, -0.15) is 0 Å². The number of rotatable bonds is 4. The average molecular weight is 566 g/mol. The molecule has 0 atom stereocenters. The van der Waals surface area contributed by atoms with E-state index < -0.39 is 0 Å². The summed E-state index contributed by atoms with van der Waals surface area (Å²) in [5.41, 5.74) is 8.06. The van der Waals surface area contributed by atoms with Crippen molar-refractivity contribution in [2.45, 2.75) is 0 Å². The van der Waals surface area contributed by atoms with Crippen molar-refractivity contribution in [1.29, 1.82) is 0 Å². The zero-order valence-corrected chi connectivity index (χ0v) is 23.4. The van der Waals surface area contributed by atoms with Crippen molar-refractivity contribution in [2.24, 2.45) is 0 Å². The first-order chi connectivity index (χ1) is 21.8. The van der Waals surface area contributed by atoms with Crippen LogP contribution in [-0.4, -0.2) is 15.0 Å². The highest BCUT2D eigenvalue weighted by molar-refractivity contribution is 6.14. The fourth-order valence-corrected chi connectivity index (χ4v) is 6.13. The number of hydrogen-bond donors (Lipinski definition) is 0. The van der Waals surface area contributed by atoms with Gasteiger partial charge in [0.1, 0.15) is 22.3 Å². The highest BCUT2D eigenvalue weighted by atomic mass is 16.3. The molecule has 0 fully saturated rings. The summed E-state index contributed by atoms with van der Waals surface area (Å²) in [4.78, 5) is 15.2. The van der Waals surface area contributed by atoms with E-state index in [2.05, 4.69) is 48.5 Å². The summed E-state index contributed by atoms with van der Waals surface area (Å²) in [5.74, 6) is 1.75. The van der Waals surface area contributed by atoms with E-state index in [4.69, 9.17) is 23.8 Å². The van der Waals surface area contributed by atoms with E-state index in [0.29, 0.717) is 17.5 Å². The fraction of sp³-hybridized carbons (Fsp3) is 0. The first-order valence-corrected chi connectivity index (χ1v) is 14.5. The topological polar surface area (TPSA) is 65.0 Å². The van der Waals surface area contributed by atoms with Crippen molar-refractivity contribution >= 4 is 43.9 Å². The largest absolute Gasteiger partial charge is 0.456 e. The number of aromatic nitrogens is 3. The van der Waals surface area contributed by atoms with Gasteiger partial charge in [0, 0.05) is 38.2 Å². The van der Waals surface area contributed by atoms with Gasteiger partial charge in [-0.25, -0.2) is 15.0 Å². The number of nitrogens with zero attached hydrogens (tertiary/aromatic N) is 3. The second-order valence-electron chi connectivity index (χ2n) is 10.8. The molecule has 44 heavy (non-hydrogen) atoms. The molecule has 3 aromatic heterocycles. The van der Waals surface area contributed by atoms with Gasteiger partial charge in [0.25, 0.3) is 0 Å². The fourth-order valence-electron chi connectivity index (χ4n) is 6.13. The summed E-state index contributed by atoms with van der Waals surface area (Å²) < 4.78 is 12.6. The first kappa shape index (κ1) is 24.5. The average Bonchev–Trinajstić information content (AvgIpc) is 3.67. The molecule has 0 saturated heterocycles. The lowest BCUT2D eigenvalue weighted by Gasteiger charge is -2.11. The van der Waals surface area contributed by atoms with Crippen LogP contribution < -0.4 is 0 Å². The van der Waals surface area contributed by atoms with Gasteiger partial charge in [-0.15, -0.1) is 0 Å². The Balaban J connectivity index is 1.34. The van der Waals surface area contributed by atoms with E-state index in [9.17, 15) is 0 Å². The molecule has 0 spiro atoms. The minimum Gasteiger partial charge on any atom is -0.456 e. The molecular weight excluding hydrogens is 542 g/mol. The Morgan fingerprint density at radius 1 is 0.341 bits per heavy atom. The number of hydrogen-bond acceptors (Lipinski definition) is 5. The van der Waals surface area contributed by atoms with Crippen LogP contribution in [0.4, 0.5) is 0 Å². The van der Waals surface area contributed by atoms with E-state index in [0.717, 1.165) is 71.7 Å². The minimum atomic E-state index is 0.568. The molecule has 9 aromatic rings. The van der Waals surface area contributed by atoms with Crippen molar-refractivity contribution in [3.63, 3.8) is 0 Å². The van der Waals surface area contributed by atoms with E-state index in [1.54, 1.807) is 0 Å². The molecule has 0 bridgehead atoms. The van der Waals surface area contributed by atoms with Crippen molar-refractivity contribution in [1.82, 2.24) is 15.0 Å². The Morgan fingerprint density at radius 2 is 0.864 bits per heavy atom. The Labute approximate surface area is 252 Å². The quantitative estimate of drug-likeness (QED) is 0.212. The lowest BCUT2D eigenvalue weighted by Crippen LogP contribution is -2.00. The van der Waals surface area contributed by atoms with Crippen LogP contribution in [0.5, 0.6) is 0 Å². The summed E-state index contributed by atoms with van der Waals surface area (Å²) in [6.45, 7) is 0. The number of benzene rings is 6. The van der Waals surface area contributed by atoms with E-state index >= 15 is 0 Å². The van der Waals surface area contributed by atoms with Crippen molar-refractivity contribution in [3.05, 3.63) is 140 Å². The third kappa shape index (κ3) is 3.91. The van der Waals surface area contributed by atoms with E-state index in [1.807, 2.05) is 91.0 Å². The Bertz CT molecular complexity index is 2500. The van der Waals surface area contributed by atoms with Crippen LogP contribution in [0.15, 0.2) is 148 Å². The lowest BCUT2D eigenvalue weighted by molar-refractivity contribution is 0.668. The summed E-state index contributed by atoms with van der Waals surface area (Å²) >= 11 is 0. The maximum Gasteiger partial charge on any atom is 0.164 e. The van der Waals surface area contributed by atoms with Gasteiger partial charge in [-0.1, -0.05) is 109 Å². The molecule has 0 aliphatic heterocycles. The number of fused-ring (bicyclic) bond motifs is 6. The Hall–Kier alpha value is -6.07. The van der Waals surface area contributed by atoms with E-state index in [1.165, 1.54) is 0 Å². The van der Waals surface area contributed by atoms with Crippen molar-refractivity contribution in [3.8, 4) is 45.3 Å². The third-order valence-corrected chi connectivity index (χ3v) is 8.13. The monoisotopic (exact) mass is 565 g/mol. The molecule has 0 amide bonds. The zero-order valence-electron chi connectivity index (χ0n) is 23.4. The Kier molecular flexibility index (Phi) is 5.43. The minimum absolute atomic E-state index is 0.568. The zero-order chi connectivity index (χ0) is 29.0. The molecule has 0 radical (unpaired) electrons. The van der Waals surface area contributed by atoms with Crippen LogP contribution in [-0.2, 0) is 0 Å². The molecule has 5 heteroatoms. The van der Waals surface area contributed by atoms with Gasteiger partial charge in [0.15, 0.2) is 17.5 Å². The van der Waals surface area contributed by atoms with Crippen LogP contribution in [0, 0.1) is 0 Å². The molecule has 0 aliphatic carbocycles. The lowest BCUT2D eigenvalue weighted by atomic mass is 9.97. The smallest absolute Gasteiger partial charge is 0.164 e.